The van der Waals surface area contributed by atoms with Crippen molar-refractivity contribution in [3.8, 4) is 6.07 Å². The van der Waals surface area contributed by atoms with Crippen molar-refractivity contribution in [3.63, 3.8) is 0 Å². The third kappa shape index (κ3) is 3.95. The van der Waals surface area contributed by atoms with Crippen LogP contribution < -0.4 is 10.9 Å². The molecule has 1 N–H and O–H groups in total. The number of pyridine rings is 1. The highest BCUT2D eigenvalue weighted by atomic mass is 32.1. The van der Waals surface area contributed by atoms with Gasteiger partial charge < -0.3 is 5.32 Å². The van der Waals surface area contributed by atoms with Gasteiger partial charge in [-0.1, -0.05) is 0 Å². The molecule has 31 heavy (non-hydrogen) atoms. The molecule has 7 nitrogen and oxygen atoms in total. The van der Waals surface area contributed by atoms with E-state index in [2.05, 4.69) is 16.5 Å². The van der Waals surface area contributed by atoms with Crippen LogP contribution in [0.1, 0.15) is 40.8 Å². The lowest BCUT2D eigenvalue weighted by atomic mass is 9.96. The van der Waals surface area contributed by atoms with Crippen molar-refractivity contribution in [2.75, 3.05) is 5.32 Å². The van der Waals surface area contributed by atoms with Gasteiger partial charge in [-0.2, -0.15) is 23.5 Å². The summed E-state index contributed by atoms with van der Waals surface area (Å²) >= 11 is 1.39. The molecule has 0 aliphatic heterocycles. The van der Waals surface area contributed by atoms with Gasteiger partial charge in [0, 0.05) is 42.5 Å². The molecular weight excluding hydrogens is 431 g/mol. The number of carbonyl (C=O) groups is 1. The lowest BCUT2D eigenvalue weighted by Crippen LogP contribution is -2.25. The van der Waals surface area contributed by atoms with Crippen molar-refractivity contribution in [1.29, 1.82) is 5.26 Å². The van der Waals surface area contributed by atoms with Gasteiger partial charge in [-0.25, -0.2) is 0 Å². The number of fused-ring (bicyclic) bond motifs is 2. The highest BCUT2D eigenvalue weighted by Crippen LogP contribution is 2.37. The first-order valence-electron chi connectivity index (χ1n) is 9.68. The van der Waals surface area contributed by atoms with Crippen molar-refractivity contribution in [2.45, 2.75) is 44.8 Å². The van der Waals surface area contributed by atoms with Crippen LogP contribution in [0.2, 0.25) is 0 Å². The van der Waals surface area contributed by atoms with E-state index in [0.717, 1.165) is 40.7 Å². The first kappa shape index (κ1) is 21.1. The number of nitriles is 1. The number of aromatic nitrogens is 3. The highest BCUT2D eigenvalue weighted by Gasteiger charge is 2.35. The minimum Gasteiger partial charge on any atom is -0.317 e. The Morgan fingerprint density at radius 1 is 1.35 bits per heavy atom. The van der Waals surface area contributed by atoms with Crippen LogP contribution in [0.3, 0.4) is 0 Å². The summed E-state index contributed by atoms with van der Waals surface area (Å²) in [6.45, 7) is -0.136. The number of rotatable bonds is 4. The van der Waals surface area contributed by atoms with Crippen molar-refractivity contribution in [2.24, 2.45) is 7.05 Å². The van der Waals surface area contributed by atoms with E-state index in [9.17, 15) is 28.0 Å². The van der Waals surface area contributed by atoms with Crippen molar-refractivity contribution >= 4 is 33.3 Å². The fourth-order valence-corrected chi connectivity index (χ4v) is 5.13. The molecule has 0 bridgehead atoms. The number of aryl methyl sites for hydroxylation is 3. The molecule has 11 heteroatoms. The Kier molecular flexibility index (Phi) is 5.35. The minimum atomic E-state index is -4.69. The Labute approximate surface area is 178 Å². The number of hydrogen-bond acceptors (Lipinski definition) is 5. The Bertz CT molecular complexity index is 1280. The molecule has 1 aliphatic rings. The quantitative estimate of drug-likeness (QED) is 0.659. The summed E-state index contributed by atoms with van der Waals surface area (Å²) in [6, 6.07) is 2.69. The molecule has 1 amide bonds. The standard InChI is InChI=1S/C20H18F3N5O2S/c1-27-10-13-14(20(21,22)23)8-17(30)28(18(13)26-27)7-6-16(29)25-19-12(9-24)11-4-2-3-5-15(11)31-19/h8,10H,2-7H2,1H3,(H,25,29). The van der Waals surface area contributed by atoms with Gasteiger partial charge in [-0.3, -0.25) is 18.8 Å². The lowest BCUT2D eigenvalue weighted by molar-refractivity contribution is -0.136. The van der Waals surface area contributed by atoms with Gasteiger partial charge >= 0.3 is 6.18 Å². The van der Waals surface area contributed by atoms with E-state index in [-0.39, 0.29) is 24.0 Å². The molecule has 3 heterocycles. The average Bonchev–Trinajstić information content (AvgIpc) is 3.25. The molecule has 0 aromatic carbocycles. The molecule has 0 fully saturated rings. The topological polar surface area (TPSA) is 92.7 Å². The maximum absolute atomic E-state index is 13.3. The average molecular weight is 449 g/mol. The molecule has 0 radical (unpaired) electrons. The van der Waals surface area contributed by atoms with Crippen LogP contribution in [0.25, 0.3) is 11.0 Å². The van der Waals surface area contributed by atoms with Crippen LogP contribution in [0.4, 0.5) is 18.2 Å². The lowest BCUT2D eigenvalue weighted by Gasteiger charge is -2.11. The molecule has 4 rings (SSSR count). The molecule has 3 aromatic heterocycles. The molecule has 1 aliphatic carbocycles. The third-order valence-corrected chi connectivity index (χ3v) is 6.50. The SMILES string of the molecule is Cn1cc2c(C(F)(F)F)cc(=O)n(CCC(=O)Nc3sc4c(c3C#N)CCCC4)c2n1. The van der Waals surface area contributed by atoms with Crippen LogP contribution in [-0.4, -0.2) is 20.3 Å². The van der Waals surface area contributed by atoms with Crippen molar-refractivity contribution in [3.05, 3.63) is 44.2 Å². The number of hydrogen-bond donors (Lipinski definition) is 1. The summed E-state index contributed by atoms with van der Waals surface area (Å²) in [5, 5.41) is 16.5. The Morgan fingerprint density at radius 2 is 2.10 bits per heavy atom. The Morgan fingerprint density at radius 3 is 2.81 bits per heavy atom. The first-order chi connectivity index (χ1) is 14.7. The number of thiophene rings is 1. The van der Waals surface area contributed by atoms with Crippen LogP contribution >= 0.6 is 11.3 Å². The number of carbonyl (C=O) groups excluding carboxylic acids is 1. The van der Waals surface area contributed by atoms with Crippen LogP contribution in [0.5, 0.6) is 0 Å². The van der Waals surface area contributed by atoms with Gasteiger partial charge in [0.15, 0.2) is 5.65 Å². The van der Waals surface area contributed by atoms with Gasteiger partial charge in [0.05, 0.1) is 11.1 Å². The normalized spacial score (nSPS) is 13.8. The summed E-state index contributed by atoms with van der Waals surface area (Å²) in [6.07, 6.45) is 0.0918. The third-order valence-electron chi connectivity index (χ3n) is 5.29. The fourth-order valence-electron chi connectivity index (χ4n) is 3.87. The molecule has 162 valence electrons. The van der Waals surface area contributed by atoms with E-state index in [1.807, 2.05) is 0 Å². The van der Waals surface area contributed by atoms with Crippen molar-refractivity contribution in [1.82, 2.24) is 14.3 Å². The Hall–Kier alpha value is -3.13. The highest BCUT2D eigenvalue weighted by molar-refractivity contribution is 7.16. The number of amides is 1. The van der Waals surface area contributed by atoms with E-state index >= 15 is 0 Å². The zero-order valence-corrected chi connectivity index (χ0v) is 17.4. The molecule has 0 unspecified atom stereocenters. The van der Waals surface area contributed by atoms with Gasteiger partial charge in [0.2, 0.25) is 5.91 Å². The molecule has 0 saturated heterocycles. The maximum atomic E-state index is 13.3. The largest absolute Gasteiger partial charge is 0.417 e. The molecule has 0 spiro atoms. The fraction of sp³-hybridized carbons (Fsp3) is 0.400. The summed E-state index contributed by atoms with van der Waals surface area (Å²) in [5.74, 6) is -0.425. The number of alkyl halides is 3. The molecular formula is C20H18F3N5O2S. The van der Waals surface area contributed by atoms with Crippen molar-refractivity contribution < 1.29 is 18.0 Å². The van der Waals surface area contributed by atoms with E-state index in [0.29, 0.717) is 16.6 Å². The minimum absolute atomic E-state index is 0.126. The predicted molar refractivity (Wildman–Crippen MR) is 109 cm³/mol. The monoisotopic (exact) mass is 449 g/mol. The number of nitrogens with zero attached hydrogens (tertiary/aromatic N) is 4. The van der Waals surface area contributed by atoms with Gasteiger partial charge in [0.1, 0.15) is 11.1 Å². The van der Waals surface area contributed by atoms with Crippen LogP contribution in [0.15, 0.2) is 17.1 Å². The zero-order valence-electron chi connectivity index (χ0n) is 16.5. The van der Waals surface area contributed by atoms with Crippen LogP contribution in [0, 0.1) is 11.3 Å². The summed E-state index contributed by atoms with van der Waals surface area (Å²) in [7, 11) is 1.46. The molecule has 3 aromatic rings. The van der Waals surface area contributed by atoms with Gasteiger partial charge in [-0.15, -0.1) is 11.3 Å². The van der Waals surface area contributed by atoms with Gasteiger partial charge in [0.25, 0.3) is 5.56 Å². The molecule has 0 atom stereocenters. The zero-order chi connectivity index (χ0) is 22.3. The summed E-state index contributed by atoms with van der Waals surface area (Å²) in [4.78, 5) is 26.0. The van der Waals surface area contributed by atoms with E-state index < -0.39 is 23.2 Å². The van der Waals surface area contributed by atoms with E-state index in [4.69, 9.17) is 0 Å². The number of anilines is 1. The van der Waals surface area contributed by atoms with E-state index in [1.54, 1.807) is 0 Å². The summed E-state index contributed by atoms with van der Waals surface area (Å²) < 4.78 is 42.1. The maximum Gasteiger partial charge on any atom is 0.417 e. The number of halogens is 3. The first-order valence-corrected chi connectivity index (χ1v) is 10.5. The second kappa shape index (κ2) is 7.85. The Balaban J connectivity index is 1.57. The van der Waals surface area contributed by atoms with Gasteiger partial charge in [-0.05, 0) is 31.2 Å². The smallest absolute Gasteiger partial charge is 0.317 e. The predicted octanol–water partition coefficient (Wildman–Crippen LogP) is 3.59. The summed E-state index contributed by atoms with van der Waals surface area (Å²) in [5.41, 5.74) is -0.589. The number of nitrogens with one attached hydrogen (secondary N) is 1. The van der Waals surface area contributed by atoms with E-state index in [1.165, 1.54) is 29.3 Å². The van der Waals surface area contributed by atoms with Crippen LogP contribution in [-0.2, 0) is 37.4 Å². The molecule has 0 saturated carbocycles. The second-order valence-electron chi connectivity index (χ2n) is 7.41. The second-order valence-corrected chi connectivity index (χ2v) is 8.52.